The average molecular weight is 204 g/mol. The lowest BCUT2D eigenvalue weighted by Crippen LogP contribution is -2.57. The van der Waals surface area contributed by atoms with Gasteiger partial charge in [0.25, 0.3) is 0 Å². The van der Waals surface area contributed by atoms with Gasteiger partial charge in [-0.25, -0.2) is 0 Å². The molecule has 2 bridgehead atoms. The fourth-order valence-corrected chi connectivity index (χ4v) is 4.37. The van der Waals surface area contributed by atoms with Crippen LogP contribution in [0.3, 0.4) is 0 Å². The predicted octanol–water partition coefficient (Wildman–Crippen LogP) is 3.35. The Labute approximate surface area is 91.9 Å². The van der Waals surface area contributed by atoms with Crippen molar-refractivity contribution in [3.05, 3.63) is 11.6 Å². The smallest absolute Gasteiger partial charge is 0.159 e. The van der Waals surface area contributed by atoms with Crippen molar-refractivity contribution in [3.8, 4) is 0 Å². The molecule has 2 fully saturated rings. The molecule has 1 nitrogen and oxygen atoms in total. The number of hydrogen-bond donors (Lipinski definition) is 0. The molecule has 0 N–H and O–H groups in total. The summed E-state index contributed by atoms with van der Waals surface area (Å²) in [5.74, 6) is 1.86. The Morgan fingerprint density at radius 3 is 2.73 bits per heavy atom. The molecule has 3 atom stereocenters. The largest absolute Gasteiger partial charge is 0.295 e. The molecule has 4 aliphatic rings. The Morgan fingerprint density at radius 1 is 1.33 bits per heavy atom. The van der Waals surface area contributed by atoms with E-state index in [-0.39, 0.29) is 5.41 Å². The van der Waals surface area contributed by atoms with E-state index < -0.39 is 0 Å². The zero-order chi connectivity index (χ0) is 10.8. The third kappa shape index (κ3) is 0.971. The molecule has 0 spiro atoms. The quantitative estimate of drug-likeness (QED) is 0.591. The number of ketones is 1. The Balaban J connectivity index is 2.10. The van der Waals surface area contributed by atoms with Gasteiger partial charge in [0.05, 0.1) is 0 Å². The molecule has 0 radical (unpaired) electrons. The SMILES string of the molecule is CC1(C)[C@H]2C[C@@H]1C=C1C(=O)CCC[C@@]12C. The topological polar surface area (TPSA) is 17.1 Å². The van der Waals surface area contributed by atoms with E-state index in [4.69, 9.17) is 0 Å². The van der Waals surface area contributed by atoms with E-state index in [0.717, 1.165) is 18.8 Å². The van der Waals surface area contributed by atoms with Gasteiger partial charge in [0.15, 0.2) is 5.78 Å². The van der Waals surface area contributed by atoms with Crippen molar-refractivity contribution in [1.29, 1.82) is 0 Å². The summed E-state index contributed by atoms with van der Waals surface area (Å²) in [4.78, 5) is 11.9. The maximum Gasteiger partial charge on any atom is 0.159 e. The first-order valence-electron chi connectivity index (χ1n) is 6.22. The van der Waals surface area contributed by atoms with Crippen molar-refractivity contribution in [2.75, 3.05) is 0 Å². The van der Waals surface area contributed by atoms with Crippen LogP contribution in [0.4, 0.5) is 0 Å². The summed E-state index contributed by atoms with van der Waals surface area (Å²) >= 11 is 0. The summed E-state index contributed by atoms with van der Waals surface area (Å²) in [6.45, 7) is 7.09. The molecule has 15 heavy (non-hydrogen) atoms. The van der Waals surface area contributed by atoms with Crippen LogP contribution in [0.2, 0.25) is 0 Å². The van der Waals surface area contributed by atoms with Crippen LogP contribution in [0.15, 0.2) is 11.6 Å². The predicted molar refractivity (Wildman–Crippen MR) is 60.4 cm³/mol. The highest BCUT2D eigenvalue weighted by atomic mass is 16.1. The Kier molecular flexibility index (Phi) is 1.64. The van der Waals surface area contributed by atoms with Crippen molar-refractivity contribution in [2.45, 2.75) is 46.5 Å². The summed E-state index contributed by atoms with van der Waals surface area (Å²) < 4.78 is 0. The van der Waals surface area contributed by atoms with Gasteiger partial charge in [-0.3, -0.25) is 4.79 Å². The average Bonchev–Trinajstić information content (AvgIpc) is 2.15. The van der Waals surface area contributed by atoms with Crippen molar-refractivity contribution in [1.82, 2.24) is 0 Å². The van der Waals surface area contributed by atoms with Crippen LogP contribution < -0.4 is 0 Å². The van der Waals surface area contributed by atoms with E-state index in [0.29, 0.717) is 17.1 Å². The molecule has 0 aromatic heterocycles. The third-order valence-corrected chi connectivity index (χ3v) is 5.50. The van der Waals surface area contributed by atoms with Gasteiger partial charge in [0.2, 0.25) is 0 Å². The van der Waals surface area contributed by atoms with Crippen molar-refractivity contribution in [3.63, 3.8) is 0 Å². The van der Waals surface area contributed by atoms with E-state index in [1.165, 1.54) is 18.4 Å². The van der Waals surface area contributed by atoms with E-state index in [9.17, 15) is 4.79 Å². The summed E-state index contributed by atoms with van der Waals surface area (Å²) in [7, 11) is 0. The van der Waals surface area contributed by atoms with Crippen LogP contribution in [-0.2, 0) is 4.79 Å². The summed E-state index contributed by atoms with van der Waals surface area (Å²) in [6, 6.07) is 0. The third-order valence-electron chi connectivity index (χ3n) is 5.50. The van der Waals surface area contributed by atoms with E-state index in [1.54, 1.807) is 0 Å². The first-order valence-corrected chi connectivity index (χ1v) is 6.22. The van der Waals surface area contributed by atoms with Crippen molar-refractivity contribution in [2.24, 2.45) is 22.7 Å². The van der Waals surface area contributed by atoms with Crippen LogP contribution in [0.5, 0.6) is 0 Å². The minimum absolute atomic E-state index is 0.216. The molecule has 82 valence electrons. The Morgan fingerprint density at radius 2 is 2.07 bits per heavy atom. The number of hydrogen-bond acceptors (Lipinski definition) is 1. The van der Waals surface area contributed by atoms with E-state index in [2.05, 4.69) is 26.8 Å². The highest BCUT2D eigenvalue weighted by Gasteiger charge is 2.60. The molecule has 0 aromatic rings. The van der Waals surface area contributed by atoms with E-state index >= 15 is 0 Å². The van der Waals surface area contributed by atoms with Crippen molar-refractivity contribution < 1.29 is 4.79 Å². The van der Waals surface area contributed by atoms with Crippen LogP contribution in [0.25, 0.3) is 0 Å². The first kappa shape index (κ1) is 9.62. The first-order chi connectivity index (χ1) is 6.96. The van der Waals surface area contributed by atoms with Gasteiger partial charge in [0, 0.05) is 6.42 Å². The molecule has 1 heteroatoms. The molecule has 0 unspecified atom stereocenters. The normalized spacial score (nSPS) is 46.6. The maximum atomic E-state index is 11.9. The summed E-state index contributed by atoms with van der Waals surface area (Å²) in [6.07, 6.45) is 6.76. The molecule has 0 aliphatic heterocycles. The molecule has 4 rings (SSSR count). The highest BCUT2D eigenvalue weighted by molar-refractivity contribution is 5.98. The van der Waals surface area contributed by atoms with Gasteiger partial charge in [-0.05, 0) is 47.5 Å². The minimum atomic E-state index is 0.216. The van der Waals surface area contributed by atoms with Crippen molar-refractivity contribution >= 4 is 5.78 Å². The van der Waals surface area contributed by atoms with E-state index in [1.807, 2.05) is 0 Å². The standard InChI is InChI=1S/C14H20O/c1-13(2)9-7-10-11(15)5-4-6-14(10,3)12(13)8-9/h7,9,12H,4-6,8H2,1-3H3/t9-,12+,14-/m0/s1. The second-order valence-electron chi connectivity index (χ2n) is 6.49. The Hall–Kier alpha value is -0.590. The van der Waals surface area contributed by atoms with Gasteiger partial charge >= 0.3 is 0 Å². The molecule has 0 aromatic carbocycles. The second-order valence-corrected chi connectivity index (χ2v) is 6.49. The van der Waals surface area contributed by atoms with Crippen LogP contribution >= 0.6 is 0 Å². The number of allylic oxidation sites excluding steroid dienone is 2. The zero-order valence-electron chi connectivity index (χ0n) is 9.97. The zero-order valence-corrected chi connectivity index (χ0v) is 9.97. The van der Waals surface area contributed by atoms with Gasteiger partial charge in [-0.2, -0.15) is 0 Å². The Bertz CT molecular complexity index is 364. The lowest BCUT2D eigenvalue weighted by atomic mass is 9.40. The molecule has 0 heterocycles. The molecular weight excluding hydrogens is 184 g/mol. The fraction of sp³-hybridized carbons (Fsp3) is 0.786. The molecule has 0 amide bonds. The van der Waals surface area contributed by atoms with Gasteiger partial charge in [-0.15, -0.1) is 0 Å². The second kappa shape index (κ2) is 2.56. The summed E-state index contributed by atoms with van der Waals surface area (Å²) in [5.41, 5.74) is 1.85. The minimum Gasteiger partial charge on any atom is -0.295 e. The molecule has 2 saturated carbocycles. The lowest BCUT2D eigenvalue weighted by Gasteiger charge is -2.64. The number of rotatable bonds is 0. The number of carbonyl (C=O) groups excluding carboxylic acids is 1. The van der Waals surface area contributed by atoms with Gasteiger partial charge < -0.3 is 0 Å². The van der Waals surface area contributed by atoms with Crippen LogP contribution in [-0.4, -0.2) is 5.78 Å². The molecule has 4 aliphatic carbocycles. The monoisotopic (exact) mass is 204 g/mol. The van der Waals surface area contributed by atoms with Gasteiger partial charge in [-0.1, -0.05) is 26.8 Å². The molecular formula is C14H20O. The fourth-order valence-electron chi connectivity index (χ4n) is 4.37. The maximum absolute atomic E-state index is 11.9. The number of carbonyl (C=O) groups is 1. The van der Waals surface area contributed by atoms with Crippen LogP contribution in [0.1, 0.15) is 46.5 Å². The summed E-state index contributed by atoms with van der Waals surface area (Å²) in [5, 5.41) is 0. The lowest BCUT2D eigenvalue weighted by molar-refractivity contribution is -0.128. The highest BCUT2D eigenvalue weighted by Crippen LogP contribution is 2.67. The number of Topliss-reactive ketones (excluding diaryl/α,β-unsaturated/α-hetero) is 1. The van der Waals surface area contributed by atoms with Gasteiger partial charge in [0.1, 0.15) is 0 Å². The molecule has 0 saturated heterocycles. The van der Waals surface area contributed by atoms with Crippen LogP contribution in [0, 0.1) is 22.7 Å².